The van der Waals surface area contributed by atoms with Gasteiger partial charge >= 0.3 is 0 Å². The highest BCUT2D eigenvalue weighted by Crippen LogP contribution is 2.30. The van der Waals surface area contributed by atoms with Crippen LogP contribution in [0.15, 0.2) is 47.5 Å². The van der Waals surface area contributed by atoms with Crippen LogP contribution in [-0.4, -0.2) is 53.5 Å². The highest BCUT2D eigenvalue weighted by molar-refractivity contribution is 8.00. The zero-order chi connectivity index (χ0) is 23.5. The van der Waals surface area contributed by atoms with Crippen molar-refractivity contribution in [1.29, 1.82) is 0 Å². The monoisotopic (exact) mass is 479 g/mol. The van der Waals surface area contributed by atoms with Gasteiger partial charge in [-0.1, -0.05) is 0 Å². The molecule has 0 bridgehead atoms. The molecule has 3 aromatic rings. The van der Waals surface area contributed by atoms with E-state index in [-0.39, 0.29) is 24.1 Å². The van der Waals surface area contributed by atoms with E-state index in [0.29, 0.717) is 24.7 Å². The summed E-state index contributed by atoms with van der Waals surface area (Å²) < 4.78 is 11.5. The highest BCUT2D eigenvalue weighted by atomic mass is 32.2. The summed E-state index contributed by atoms with van der Waals surface area (Å²) in [4.78, 5) is 21.7. The third-order valence-corrected chi connectivity index (χ3v) is 7.43. The van der Waals surface area contributed by atoms with E-state index in [1.165, 1.54) is 11.8 Å². The smallest absolute Gasteiger partial charge is 0.235 e. The van der Waals surface area contributed by atoms with Crippen LogP contribution in [-0.2, 0) is 22.5 Å². The molecule has 0 radical (unpaired) electrons. The maximum Gasteiger partial charge on any atom is 0.235 e. The molecule has 5 rings (SSSR count). The van der Waals surface area contributed by atoms with E-state index in [1.807, 2.05) is 42.6 Å². The number of thioether (sulfide) groups is 1. The van der Waals surface area contributed by atoms with Gasteiger partial charge in [0.2, 0.25) is 5.91 Å². The number of benzene rings is 1. The standard InChI is InChI=1S/C25H29N5O3S/c1-32-18-4-5-21-19(11-18)15(8-9-27-21)10-20(26)22-6-2-17(13-33-22)28-12-16-3-7-23-25(29-16)30-24(31)14-34-23/h3-5,7-9,11,17,20,22,28H,2,6,10,12-14,26H2,1H3,(H,29,30,31)/t17-,20+,22+/m1/s1. The number of ether oxygens (including phenoxy) is 2. The Hall–Kier alpha value is -2.72. The summed E-state index contributed by atoms with van der Waals surface area (Å²) in [7, 11) is 1.67. The molecule has 0 aliphatic carbocycles. The molecule has 2 aliphatic heterocycles. The van der Waals surface area contributed by atoms with E-state index < -0.39 is 0 Å². The van der Waals surface area contributed by atoms with Crippen molar-refractivity contribution in [2.45, 2.75) is 48.9 Å². The number of hydrogen-bond acceptors (Lipinski definition) is 8. The normalized spacial score (nSPS) is 21.1. The third-order valence-electron chi connectivity index (χ3n) is 6.39. The predicted molar refractivity (Wildman–Crippen MR) is 133 cm³/mol. The number of rotatable bonds is 7. The van der Waals surface area contributed by atoms with Crippen LogP contribution >= 0.6 is 11.8 Å². The van der Waals surface area contributed by atoms with Crippen molar-refractivity contribution in [3.8, 4) is 5.75 Å². The van der Waals surface area contributed by atoms with Gasteiger partial charge in [-0.25, -0.2) is 4.98 Å². The van der Waals surface area contributed by atoms with Crippen LogP contribution < -0.4 is 21.1 Å². The molecule has 2 aromatic heterocycles. The lowest BCUT2D eigenvalue weighted by Gasteiger charge is -2.33. The van der Waals surface area contributed by atoms with Crippen LogP contribution in [0.2, 0.25) is 0 Å². The molecular formula is C25H29N5O3S. The Morgan fingerprint density at radius 3 is 3.03 bits per heavy atom. The van der Waals surface area contributed by atoms with Crippen LogP contribution in [0.25, 0.3) is 10.9 Å². The van der Waals surface area contributed by atoms with Gasteiger partial charge in [0.25, 0.3) is 0 Å². The number of carbonyl (C=O) groups is 1. The first-order valence-corrected chi connectivity index (χ1v) is 12.5. The van der Waals surface area contributed by atoms with Gasteiger partial charge in [-0.05, 0) is 61.2 Å². The zero-order valence-corrected chi connectivity index (χ0v) is 19.9. The predicted octanol–water partition coefficient (Wildman–Crippen LogP) is 2.89. The molecule has 0 unspecified atom stereocenters. The number of fused-ring (bicyclic) bond motifs is 2. The first-order valence-electron chi connectivity index (χ1n) is 11.5. The van der Waals surface area contributed by atoms with E-state index >= 15 is 0 Å². The van der Waals surface area contributed by atoms with Crippen LogP contribution in [0.5, 0.6) is 5.75 Å². The Balaban J connectivity index is 1.14. The SMILES string of the molecule is COc1ccc2nccc(C[C@H](N)[C@@H]3CC[C@@H](NCc4ccc5c(n4)NC(=O)CS5)CO3)c2c1. The summed E-state index contributed by atoms with van der Waals surface area (Å²) in [6.07, 6.45) is 4.45. The Bertz CT molecular complexity index is 1180. The van der Waals surface area contributed by atoms with Crippen molar-refractivity contribution in [3.63, 3.8) is 0 Å². The van der Waals surface area contributed by atoms with E-state index in [1.54, 1.807) is 7.11 Å². The summed E-state index contributed by atoms with van der Waals surface area (Å²) in [5.74, 6) is 1.91. The molecule has 4 heterocycles. The topological polar surface area (TPSA) is 111 Å². The number of nitrogens with zero attached hydrogens (tertiary/aromatic N) is 2. The van der Waals surface area contributed by atoms with Crippen molar-refractivity contribution < 1.29 is 14.3 Å². The Kier molecular flexibility index (Phi) is 6.96. The van der Waals surface area contributed by atoms with E-state index in [0.717, 1.165) is 52.1 Å². The highest BCUT2D eigenvalue weighted by Gasteiger charge is 2.27. The quantitative estimate of drug-likeness (QED) is 0.474. The van der Waals surface area contributed by atoms with E-state index in [4.69, 9.17) is 15.2 Å². The number of methoxy groups -OCH3 is 1. The summed E-state index contributed by atoms with van der Waals surface area (Å²) in [6, 6.07) is 12.1. The summed E-state index contributed by atoms with van der Waals surface area (Å²) in [5.41, 5.74) is 9.58. The van der Waals surface area contributed by atoms with Gasteiger partial charge in [-0.3, -0.25) is 9.78 Å². The number of hydrogen-bond donors (Lipinski definition) is 3. The van der Waals surface area contributed by atoms with Crippen molar-refractivity contribution in [2.75, 3.05) is 24.8 Å². The van der Waals surface area contributed by atoms with Crippen molar-refractivity contribution in [3.05, 3.63) is 53.9 Å². The Morgan fingerprint density at radius 2 is 2.21 bits per heavy atom. The molecule has 0 saturated carbocycles. The number of nitrogens with two attached hydrogens (primary N) is 1. The molecule has 2 aliphatic rings. The molecule has 4 N–H and O–H groups in total. The average molecular weight is 480 g/mol. The molecule has 1 amide bonds. The Morgan fingerprint density at radius 1 is 1.29 bits per heavy atom. The molecule has 0 spiro atoms. The molecule has 3 atom stereocenters. The van der Waals surface area contributed by atoms with Gasteiger partial charge in [0.1, 0.15) is 11.6 Å². The second kappa shape index (κ2) is 10.3. The van der Waals surface area contributed by atoms with Crippen LogP contribution in [0.1, 0.15) is 24.1 Å². The number of aromatic nitrogens is 2. The molecule has 1 aromatic carbocycles. The minimum absolute atomic E-state index is 0.00271. The molecule has 9 heteroatoms. The minimum atomic E-state index is -0.0961. The fourth-order valence-corrected chi connectivity index (χ4v) is 5.25. The van der Waals surface area contributed by atoms with Crippen molar-refractivity contribution in [2.24, 2.45) is 5.73 Å². The van der Waals surface area contributed by atoms with Gasteiger partial charge in [-0.15, -0.1) is 11.8 Å². The fourth-order valence-electron chi connectivity index (χ4n) is 4.49. The zero-order valence-electron chi connectivity index (χ0n) is 19.1. The molecule has 34 heavy (non-hydrogen) atoms. The number of nitrogens with one attached hydrogen (secondary N) is 2. The van der Waals surface area contributed by atoms with Crippen molar-refractivity contribution >= 4 is 34.4 Å². The van der Waals surface area contributed by atoms with Gasteiger partial charge in [-0.2, -0.15) is 0 Å². The van der Waals surface area contributed by atoms with Gasteiger partial charge in [0.05, 0.1) is 41.7 Å². The summed E-state index contributed by atoms with van der Waals surface area (Å²) in [6.45, 7) is 1.24. The van der Waals surface area contributed by atoms with Gasteiger partial charge < -0.3 is 25.8 Å². The molecule has 8 nitrogen and oxygen atoms in total. The molecule has 178 valence electrons. The second-order valence-corrected chi connectivity index (χ2v) is 9.75. The number of amides is 1. The maximum atomic E-state index is 11.6. The molecule has 1 fully saturated rings. The number of anilines is 1. The fraction of sp³-hybridized carbons (Fsp3) is 0.400. The lowest BCUT2D eigenvalue weighted by Crippen LogP contribution is -2.47. The van der Waals surface area contributed by atoms with Gasteiger partial charge in [0, 0.05) is 30.2 Å². The molecular weight excluding hydrogens is 450 g/mol. The maximum absolute atomic E-state index is 11.6. The number of pyridine rings is 2. The third kappa shape index (κ3) is 5.17. The van der Waals surface area contributed by atoms with Gasteiger partial charge in [0.15, 0.2) is 0 Å². The van der Waals surface area contributed by atoms with Crippen LogP contribution in [0.3, 0.4) is 0 Å². The van der Waals surface area contributed by atoms with E-state index in [2.05, 4.69) is 20.6 Å². The lowest BCUT2D eigenvalue weighted by molar-refractivity contribution is -0.113. The average Bonchev–Trinajstić information content (AvgIpc) is 2.87. The molecule has 1 saturated heterocycles. The van der Waals surface area contributed by atoms with E-state index in [9.17, 15) is 4.79 Å². The first-order chi connectivity index (χ1) is 16.6. The second-order valence-electron chi connectivity index (χ2n) is 8.73. The summed E-state index contributed by atoms with van der Waals surface area (Å²) >= 11 is 1.52. The van der Waals surface area contributed by atoms with Crippen molar-refractivity contribution in [1.82, 2.24) is 15.3 Å². The summed E-state index contributed by atoms with van der Waals surface area (Å²) in [5, 5.41) is 7.45. The largest absolute Gasteiger partial charge is 0.497 e. The first kappa shape index (κ1) is 23.0. The number of carbonyl (C=O) groups excluding carboxylic acids is 1. The lowest BCUT2D eigenvalue weighted by atomic mass is 9.94. The van der Waals surface area contributed by atoms with Crippen LogP contribution in [0.4, 0.5) is 5.82 Å². The van der Waals surface area contributed by atoms with Crippen LogP contribution in [0, 0.1) is 0 Å². The minimum Gasteiger partial charge on any atom is -0.497 e. The Labute approximate surface area is 203 Å².